The zero-order valence-electron chi connectivity index (χ0n) is 8.75. The number of hydrogen-bond acceptors (Lipinski definition) is 4. The van der Waals surface area contributed by atoms with E-state index in [-0.39, 0.29) is 6.09 Å². The van der Waals surface area contributed by atoms with Gasteiger partial charge in [-0.2, -0.15) is 0 Å². The molecule has 1 aromatic rings. The summed E-state index contributed by atoms with van der Waals surface area (Å²) in [6, 6.07) is 0. The van der Waals surface area contributed by atoms with E-state index in [4.69, 9.17) is 4.74 Å². The molecule has 0 unspecified atom stereocenters. The smallest absolute Gasteiger partial charge is 0.407 e. The van der Waals surface area contributed by atoms with E-state index in [0.29, 0.717) is 26.2 Å². The Morgan fingerprint density at radius 3 is 3.13 bits per heavy atom. The first kappa shape index (κ1) is 11.5. The van der Waals surface area contributed by atoms with Gasteiger partial charge in [0.25, 0.3) is 0 Å². The van der Waals surface area contributed by atoms with Crippen molar-refractivity contribution in [1.29, 1.82) is 0 Å². The van der Waals surface area contributed by atoms with Gasteiger partial charge in [0, 0.05) is 31.5 Å². The number of rotatable bonds is 6. The minimum atomic E-state index is -0.374. The summed E-state index contributed by atoms with van der Waals surface area (Å²) in [7, 11) is 0. The van der Waals surface area contributed by atoms with Crippen LogP contribution in [0.3, 0.4) is 0 Å². The van der Waals surface area contributed by atoms with E-state index in [1.54, 1.807) is 19.4 Å². The molecule has 0 bridgehead atoms. The van der Waals surface area contributed by atoms with E-state index in [0.717, 1.165) is 5.69 Å². The fourth-order valence-electron chi connectivity index (χ4n) is 1.04. The van der Waals surface area contributed by atoms with Crippen LogP contribution in [0, 0.1) is 0 Å². The zero-order valence-corrected chi connectivity index (χ0v) is 8.75. The van der Waals surface area contributed by atoms with Crippen LogP contribution >= 0.6 is 0 Å². The Kier molecular flexibility index (Phi) is 5.24. The Bertz CT molecular complexity index is 274. The Balaban J connectivity index is 1.95. The number of alkyl carbamates (subject to hydrolysis) is 1. The monoisotopic (exact) mass is 212 g/mol. The van der Waals surface area contributed by atoms with Gasteiger partial charge in [0.1, 0.15) is 0 Å². The SMILES string of the molecule is CCOC(=O)NCCNCc1cnc[nH]1. The molecule has 0 radical (unpaired) electrons. The van der Waals surface area contributed by atoms with Crippen molar-refractivity contribution in [3.05, 3.63) is 18.2 Å². The van der Waals surface area contributed by atoms with Crippen LogP contribution in [0.15, 0.2) is 12.5 Å². The van der Waals surface area contributed by atoms with Gasteiger partial charge in [-0.05, 0) is 6.92 Å². The molecule has 0 aliphatic carbocycles. The molecular formula is C9H16N4O2. The molecule has 3 N–H and O–H groups in total. The number of amides is 1. The molecule has 6 heteroatoms. The number of nitrogens with zero attached hydrogens (tertiary/aromatic N) is 1. The Labute approximate surface area is 88.4 Å². The average Bonchev–Trinajstić information content (AvgIpc) is 2.70. The summed E-state index contributed by atoms with van der Waals surface area (Å²) in [6.45, 7) is 4.12. The molecular weight excluding hydrogens is 196 g/mol. The second kappa shape index (κ2) is 6.83. The number of imidazole rings is 1. The van der Waals surface area contributed by atoms with Crippen LogP contribution in [0.25, 0.3) is 0 Å². The van der Waals surface area contributed by atoms with Crippen molar-refractivity contribution >= 4 is 6.09 Å². The molecule has 0 saturated heterocycles. The highest BCUT2D eigenvalue weighted by Crippen LogP contribution is 1.87. The summed E-state index contributed by atoms with van der Waals surface area (Å²) >= 11 is 0. The minimum absolute atomic E-state index is 0.374. The third-order valence-corrected chi connectivity index (χ3v) is 1.72. The summed E-state index contributed by atoms with van der Waals surface area (Å²) in [6.07, 6.45) is 3.01. The van der Waals surface area contributed by atoms with Gasteiger partial charge in [0.15, 0.2) is 0 Å². The fourth-order valence-corrected chi connectivity index (χ4v) is 1.04. The predicted octanol–water partition coefficient (Wildman–Crippen LogP) is 0.245. The van der Waals surface area contributed by atoms with Crippen LogP contribution in [0.1, 0.15) is 12.6 Å². The summed E-state index contributed by atoms with van der Waals surface area (Å²) in [5, 5.41) is 5.76. The van der Waals surface area contributed by atoms with E-state index in [9.17, 15) is 4.79 Å². The maximum atomic E-state index is 10.9. The van der Waals surface area contributed by atoms with Crippen molar-refractivity contribution in [1.82, 2.24) is 20.6 Å². The number of nitrogens with one attached hydrogen (secondary N) is 3. The van der Waals surface area contributed by atoms with Crippen LogP contribution in [0.5, 0.6) is 0 Å². The molecule has 1 aromatic heterocycles. The fraction of sp³-hybridized carbons (Fsp3) is 0.556. The standard InChI is InChI=1S/C9H16N4O2/c1-2-15-9(14)12-4-3-10-5-8-6-11-7-13-8/h6-7,10H,2-5H2,1H3,(H,11,13)(H,12,14). The third-order valence-electron chi connectivity index (χ3n) is 1.72. The van der Waals surface area contributed by atoms with E-state index < -0.39 is 0 Å². The maximum absolute atomic E-state index is 10.9. The number of carbonyl (C=O) groups is 1. The molecule has 1 rings (SSSR count). The molecule has 0 spiro atoms. The van der Waals surface area contributed by atoms with E-state index in [1.165, 1.54) is 0 Å². The van der Waals surface area contributed by atoms with Gasteiger partial charge in [-0.1, -0.05) is 0 Å². The molecule has 84 valence electrons. The molecule has 0 aliphatic rings. The van der Waals surface area contributed by atoms with Crippen molar-refractivity contribution in [3.8, 4) is 0 Å². The lowest BCUT2D eigenvalue weighted by molar-refractivity contribution is 0.152. The molecule has 0 aromatic carbocycles. The minimum Gasteiger partial charge on any atom is -0.450 e. The largest absolute Gasteiger partial charge is 0.450 e. The molecule has 15 heavy (non-hydrogen) atoms. The second-order valence-corrected chi connectivity index (χ2v) is 2.90. The van der Waals surface area contributed by atoms with Crippen molar-refractivity contribution < 1.29 is 9.53 Å². The van der Waals surface area contributed by atoms with Gasteiger partial charge in [-0.25, -0.2) is 9.78 Å². The molecule has 1 heterocycles. The molecule has 0 saturated carbocycles. The first-order valence-corrected chi connectivity index (χ1v) is 4.91. The van der Waals surface area contributed by atoms with Gasteiger partial charge in [0.05, 0.1) is 12.9 Å². The lowest BCUT2D eigenvalue weighted by Gasteiger charge is -2.05. The number of hydrogen-bond donors (Lipinski definition) is 3. The van der Waals surface area contributed by atoms with E-state index in [1.807, 2.05) is 0 Å². The normalized spacial score (nSPS) is 9.93. The molecule has 1 amide bonds. The number of carbonyl (C=O) groups excluding carboxylic acids is 1. The van der Waals surface area contributed by atoms with Crippen LogP contribution in [-0.2, 0) is 11.3 Å². The Morgan fingerprint density at radius 1 is 1.60 bits per heavy atom. The first-order chi connectivity index (χ1) is 7.33. The number of aromatic amines is 1. The average molecular weight is 212 g/mol. The van der Waals surface area contributed by atoms with Crippen LogP contribution in [-0.4, -0.2) is 35.8 Å². The molecule has 0 fully saturated rings. The number of aromatic nitrogens is 2. The summed E-state index contributed by atoms with van der Waals surface area (Å²) in [4.78, 5) is 17.7. The predicted molar refractivity (Wildman–Crippen MR) is 55.3 cm³/mol. The van der Waals surface area contributed by atoms with Gasteiger partial charge in [0.2, 0.25) is 0 Å². The van der Waals surface area contributed by atoms with Gasteiger partial charge >= 0.3 is 6.09 Å². The topological polar surface area (TPSA) is 79.0 Å². The van der Waals surface area contributed by atoms with Gasteiger partial charge < -0.3 is 20.4 Å². The van der Waals surface area contributed by atoms with E-state index >= 15 is 0 Å². The van der Waals surface area contributed by atoms with E-state index in [2.05, 4.69) is 20.6 Å². The van der Waals surface area contributed by atoms with Crippen LogP contribution in [0.2, 0.25) is 0 Å². The highest BCUT2D eigenvalue weighted by atomic mass is 16.5. The molecule has 0 aliphatic heterocycles. The van der Waals surface area contributed by atoms with Gasteiger partial charge in [-0.15, -0.1) is 0 Å². The van der Waals surface area contributed by atoms with Crippen LogP contribution in [0.4, 0.5) is 4.79 Å². The lowest BCUT2D eigenvalue weighted by Crippen LogP contribution is -2.32. The van der Waals surface area contributed by atoms with Crippen molar-refractivity contribution in [2.75, 3.05) is 19.7 Å². The molecule has 0 atom stereocenters. The number of H-pyrrole nitrogens is 1. The van der Waals surface area contributed by atoms with Gasteiger partial charge in [-0.3, -0.25) is 0 Å². The Morgan fingerprint density at radius 2 is 2.47 bits per heavy atom. The first-order valence-electron chi connectivity index (χ1n) is 4.91. The van der Waals surface area contributed by atoms with Crippen molar-refractivity contribution in [2.45, 2.75) is 13.5 Å². The molecule has 6 nitrogen and oxygen atoms in total. The number of ether oxygens (including phenoxy) is 1. The van der Waals surface area contributed by atoms with Crippen molar-refractivity contribution in [3.63, 3.8) is 0 Å². The highest BCUT2D eigenvalue weighted by Gasteiger charge is 1.98. The second-order valence-electron chi connectivity index (χ2n) is 2.90. The highest BCUT2D eigenvalue weighted by molar-refractivity contribution is 5.66. The summed E-state index contributed by atoms with van der Waals surface area (Å²) < 4.78 is 4.70. The van der Waals surface area contributed by atoms with Crippen molar-refractivity contribution in [2.24, 2.45) is 0 Å². The zero-order chi connectivity index (χ0) is 10.9. The summed E-state index contributed by atoms with van der Waals surface area (Å²) in [5.74, 6) is 0. The Hall–Kier alpha value is -1.56. The summed E-state index contributed by atoms with van der Waals surface area (Å²) in [5.41, 5.74) is 1.02. The quantitative estimate of drug-likeness (QED) is 0.590. The third kappa shape index (κ3) is 5.02. The maximum Gasteiger partial charge on any atom is 0.407 e. The van der Waals surface area contributed by atoms with Crippen LogP contribution < -0.4 is 10.6 Å². The lowest BCUT2D eigenvalue weighted by atomic mass is 10.4.